The number of hydrogen-bond donors (Lipinski definition) is 3. The topological polar surface area (TPSA) is 61.4 Å². The van der Waals surface area contributed by atoms with Crippen molar-refractivity contribution in [3.63, 3.8) is 0 Å². The average Bonchev–Trinajstić information content (AvgIpc) is 2.28. The fourth-order valence-corrected chi connectivity index (χ4v) is 2.00. The highest BCUT2D eigenvalue weighted by Crippen LogP contribution is 2.40. The van der Waals surface area contributed by atoms with Crippen LogP contribution < -0.4 is 10.6 Å². The minimum Gasteiger partial charge on any atom is -0.395 e. The number of urea groups is 1. The van der Waals surface area contributed by atoms with Crippen molar-refractivity contribution in [1.29, 1.82) is 0 Å². The van der Waals surface area contributed by atoms with E-state index in [-0.39, 0.29) is 35.5 Å². The molecule has 0 saturated carbocycles. The predicted octanol–water partition coefficient (Wildman–Crippen LogP) is 2.72. The molecule has 0 aliphatic carbocycles. The highest BCUT2D eigenvalue weighted by atomic mass is 32.2. The van der Waals surface area contributed by atoms with Crippen LogP contribution in [0.1, 0.15) is 5.56 Å². The molecule has 1 aromatic rings. The number of thioether (sulfide) groups is 1. The van der Waals surface area contributed by atoms with Crippen LogP contribution in [-0.2, 0) is 0 Å². The van der Waals surface area contributed by atoms with Crippen molar-refractivity contribution in [2.75, 3.05) is 18.5 Å². The minimum absolute atomic E-state index is 0.0272. The molecule has 3 N–H and O–H groups in total. The van der Waals surface area contributed by atoms with Crippen LogP contribution in [0.4, 0.5) is 23.7 Å². The summed E-state index contributed by atoms with van der Waals surface area (Å²) in [6.45, 7) is 1.45. The molecule has 106 valence electrons. The Labute approximate surface area is 112 Å². The number of anilines is 1. The molecule has 19 heavy (non-hydrogen) atoms. The van der Waals surface area contributed by atoms with Gasteiger partial charge in [-0.15, -0.1) is 0 Å². The molecule has 8 heteroatoms. The predicted molar refractivity (Wildman–Crippen MR) is 67.2 cm³/mol. The van der Waals surface area contributed by atoms with E-state index in [0.29, 0.717) is 5.56 Å². The molecule has 0 radical (unpaired) electrons. The molecule has 1 rings (SSSR count). The minimum atomic E-state index is -4.42. The number of benzene rings is 1. The lowest BCUT2D eigenvalue weighted by atomic mass is 10.2. The number of carbonyl (C=O) groups excluding carboxylic acids is 1. The van der Waals surface area contributed by atoms with Crippen LogP contribution >= 0.6 is 11.8 Å². The van der Waals surface area contributed by atoms with Crippen LogP contribution in [0.15, 0.2) is 23.1 Å². The summed E-state index contributed by atoms with van der Waals surface area (Å²) in [5.41, 5.74) is -3.69. The quantitative estimate of drug-likeness (QED) is 0.748. The highest BCUT2D eigenvalue weighted by molar-refractivity contribution is 8.00. The van der Waals surface area contributed by atoms with Crippen LogP contribution in [0.3, 0.4) is 0 Å². The fraction of sp³-hybridized carbons (Fsp3) is 0.364. The Hall–Kier alpha value is -1.41. The van der Waals surface area contributed by atoms with Gasteiger partial charge >= 0.3 is 11.5 Å². The molecule has 1 aromatic carbocycles. The molecule has 0 aliphatic heterocycles. The van der Waals surface area contributed by atoms with Gasteiger partial charge in [-0.1, -0.05) is 6.07 Å². The third kappa shape index (κ3) is 5.84. The number of carbonyl (C=O) groups is 1. The Morgan fingerprint density at radius 1 is 1.42 bits per heavy atom. The molecule has 0 heterocycles. The zero-order chi connectivity index (χ0) is 14.5. The number of halogens is 3. The van der Waals surface area contributed by atoms with Crippen molar-refractivity contribution in [1.82, 2.24) is 5.32 Å². The summed E-state index contributed by atoms with van der Waals surface area (Å²) in [4.78, 5) is 11.3. The summed E-state index contributed by atoms with van der Waals surface area (Å²) < 4.78 is 37.2. The van der Waals surface area contributed by atoms with Gasteiger partial charge in [-0.05, 0) is 36.4 Å². The molecule has 0 saturated heterocycles. The largest absolute Gasteiger partial charge is 0.446 e. The zero-order valence-corrected chi connectivity index (χ0v) is 10.9. The Bertz CT molecular complexity index is 452. The summed E-state index contributed by atoms with van der Waals surface area (Å²) in [6, 6.07) is 3.69. The summed E-state index contributed by atoms with van der Waals surface area (Å²) in [5, 5.41) is 13.1. The van der Waals surface area contributed by atoms with E-state index in [0.717, 1.165) is 0 Å². The van der Waals surface area contributed by atoms with E-state index in [1.54, 1.807) is 13.0 Å². The van der Waals surface area contributed by atoms with Crippen molar-refractivity contribution >= 4 is 23.5 Å². The number of amides is 2. The number of nitrogens with one attached hydrogen (secondary N) is 2. The van der Waals surface area contributed by atoms with Gasteiger partial charge in [0, 0.05) is 11.4 Å². The van der Waals surface area contributed by atoms with Crippen molar-refractivity contribution in [3.8, 4) is 0 Å². The van der Waals surface area contributed by atoms with Crippen LogP contribution in [-0.4, -0.2) is 29.8 Å². The van der Waals surface area contributed by atoms with E-state index >= 15 is 0 Å². The number of aryl methyl sites for hydroxylation is 1. The first-order valence-electron chi connectivity index (χ1n) is 5.34. The van der Waals surface area contributed by atoms with Crippen LogP contribution in [0.25, 0.3) is 0 Å². The third-order valence-corrected chi connectivity index (χ3v) is 2.80. The third-order valence-electron chi connectivity index (χ3n) is 2.01. The number of aliphatic hydroxyl groups is 1. The SMILES string of the molecule is Cc1ccc(NC(=O)NCCO)c(SC(F)(F)F)c1. The Morgan fingerprint density at radius 2 is 2.11 bits per heavy atom. The first-order chi connectivity index (χ1) is 8.81. The first kappa shape index (κ1) is 15.6. The molecular weight excluding hydrogens is 281 g/mol. The maximum absolute atomic E-state index is 12.4. The van der Waals surface area contributed by atoms with Crippen LogP contribution in [0.2, 0.25) is 0 Å². The van der Waals surface area contributed by atoms with Gasteiger partial charge in [-0.3, -0.25) is 0 Å². The van der Waals surface area contributed by atoms with Crippen molar-refractivity contribution in [3.05, 3.63) is 23.8 Å². The Kier molecular flexibility index (Phi) is 5.49. The Balaban J connectivity index is 2.84. The van der Waals surface area contributed by atoms with Crippen LogP contribution in [0.5, 0.6) is 0 Å². The molecular formula is C11H13F3N2O2S. The standard InChI is InChI=1S/C11H13F3N2O2S/c1-7-2-3-8(16-10(18)15-4-5-17)9(6-7)19-11(12,13)14/h2-3,6,17H,4-5H2,1H3,(H2,15,16,18). The lowest BCUT2D eigenvalue weighted by molar-refractivity contribution is -0.0328. The lowest BCUT2D eigenvalue weighted by Gasteiger charge is -2.13. The molecule has 0 spiro atoms. The summed E-state index contributed by atoms with van der Waals surface area (Å²) in [7, 11) is 0. The number of aliphatic hydroxyl groups excluding tert-OH is 1. The van der Waals surface area contributed by atoms with Crippen molar-refractivity contribution in [2.24, 2.45) is 0 Å². The van der Waals surface area contributed by atoms with Gasteiger partial charge in [0.15, 0.2) is 0 Å². The summed E-state index contributed by atoms with van der Waals surface area (Å²) in [5.74, 6) is 0. The van der Waals surface area contributed by atoms with E-state index < -0.39 is 11.5 Å². The van der Waals surface area contributed by atoms with Crippen LogP contribution in [0, 0.1) is 6.92 Å². The number of hydrogen-bond acceptors (Lipinski definition) is 3. The smallest absolute Gasteiger partial charge is 0.395 e. The molecule has 2 amide bonds. The lowest BCUT2D eigenvalue weighted by Crippen LogP contribution is -2.31. The fourth-order valence-electron chi connectivity index (χ4n) is 1.28. The normalized spacial score (nSPS) is 11.2. The molecule has 4 nitrogen and oxygen atoms in total. The average molecular weight is 294 g/mol. The maximum Gasteiger partial charge on any atom is 0.446 e. The van der Waals surface area contributed by atoms with Gasteiger partial charge < -0.3 is 15.7 Å². The molecule has 0 unspecified atom stereocenters. The maximum atomic E-state index is 12.4. The van der Waals surface area contributed by atoms with Gasteiger partial charge in [-0.2, -0.15) is 13.2 Å². The molecule has 0 aliphatic rings. The summed E-state index contributed by atoms with van der Waals surface area (Å²) >= 11 is -0.285. The van der Waals surface area contributed by atoms with Crippen molar-refractivity contribution < 1.29 is 23.1 Å². The zero-order valence-electron chi connectivity index (χ0n) is 10.0. The van der Waals surface area contributed by atoms with E-state index in [1.165, 1.54) is 12.1 Å². The van der Waals surface area contributed by atoms with Gasteiger partial charge in [0.05, 0.1) is 12.3 Å². The van der Waals surface area contributed by atoms with E-state index in [2.05, 4.69) is 10.6 Å². The second-order valence-electron chi connectivity index (χ2n) is 3.65. The Morgan fingerprint density at radius 3 is 2.68 bits per heavy atom. The van der Waals surface area contributed by atoms with E-state index in [9.17, 15) is 18.0 Å². The summed E-state index contributed by atoms with van der Waals surface area (Å²) in [6.07, 6.45) is 0. The number of alkyl halides is 3. The van der Waals surface area contributed by atoms with Gasteiger partial charge in [0.1, 0.15) is 0 Å². The van der Waals surface area contributed by atoms with Gasteiger partial charge in [0.25, 0.3) is 0 Å². The molecule has 0 bridgehead atoms. The van der Waals surface area contributed by atoms with Crippen molar-refractivity contribution in [2.45, 2.75) is 17.3 Å². The molecule has 0 fully saturated rings. The first-order valence-corrected chi connectivity index (χ1v) is 6.15. The van der Waals surface area contributed by atoms with Gasteiger partial charge in [0.2, 0.25) is 0 Å². The second kappa shape index (κ2) is 6.67. The highest BCUT2D eigenvalue weighted by Gasteiger charge is 2.30. The molecule has 0 atom stereocenters. The van der Waals surface area contributed by atoms with Gasteiger partial charge in [-0.25, -0.2) is 4.79 Å². The molecule has 0 aromatic heterocycles. The van der Waals surface area contributed by atoms with E-state index in [4.69, 9.17) is 5.11 Å². The number of rotatable bonds is 4. The monoisotopic (exact) mass is 294 g/mol. The second-order valence-corrected chi connectivity index (χ2v) is 4.76. The van der Waals surface area contributed by atoms with E-state index in [1.807, 2.05) is 0 Å².